The van der Waals surface area contributed by atoms with E-state index in [0.29, 0.717) is 5.56 Å². The molecule has 0 aromatic heterocycles. The van der Waals surface area contributed by atoms with E-state index in [4.69, 9.17) is 0 Å². The van der Waals surface area contributed by atoms with Gasteiger partial charge in [-0.05, 0) is 62.1 Å². The van der Waals surface area contributed by atoms with Crippen LogP contribution in [0.5, 0.6) is 0 Å². The molecule has 1 atom stereocenters. The maximum Gasteiger partial charge on any atom is 0.254 e. The number of aryl methyl sites for hydroxylation is 1. The van der Waals surface area contributed by atoms with Crippen molar-refractivity contribution in [1.29, 1.82) is 0 Å². The summed E-state index contributed by atoms with van der Waals surface area (Å²) in [4.78, 5) is 14.8. The summed E-state index contributed by atoms with van der Waals surface area (Å²) in [5.74, 6) is -0.104. The minimum Gasteiger partial charge on any atom is -0.335 e. The Labute approximate surface area is 155 Å². The second-order valence-corrected chi connectivity index (χ2v) is 8.68. The Balaban J connectivity index is 1.79. The number of nitrogens with zero attached hydrogens (tertiary/aromatic N) is 1. The first kappa shape index (κ1) is 18.6. The van der Waals surface area contributed by atoms with Crippen LogP contribution in [0.2, 0.25) is 0 Å². The van der Waals surface area contributed by atoms with Gasteiger partial charge in [0.05, 0.1) is 10.9 Å². The highest BCUT2D eigenvalue weighted by Gasteiger charge is 2.29. The van der Waals surface area contributed by atoms with Crippen LogP contribution in [0.25, 0.3) is 0 Å². The van der Waals surface area contributed by atoms with Gasteiger partial charge in [0.25, 0.3) is 5.91 Å². The van der Waals surface area contributed by atoms with Crippen LogP contribution in [-0.4, -0.2) is 32.3 Å². The monoisotopic (exact) mass is 372 g/mol. The minimum absolute atomic E-state index is 0.0599. The molecule has 26 heavy (non-hydrogen) atoms. The standard InChI is InChI=1S/C20H24N2O3S/c1-14(2)21-26(24,25)17-11-8-16(9-12-17)20(23)22(3)19-13-10-15-6-4-5-7-18(15)19/h4-9,11-12,14,19,21H,10,13H2,1-3H3/t19-/m0/s1. The molecule has 0 saturated heterocycles. The summed E-state index contributed by atoms with van der Waals surface area (Å²) >= 11 is 0. The molecule has 1 N–H and O–H groups in total. The zero-order chi connectivity index (χ0) is 18.9. The van der Waals surface area contributed by atoms with E-state index in [0.717, 1.165) is 12.8 Å². The SMILES string of the molecule is CC(C)NS(=O)(=O)c1ccc(C(=O)N(C)[C@H]2CCc3ccccc32)cc1. The molecule has 0 bridgehead atoms. The van der Waals surface area contributed by atoms with E-state index in [1.165, 1.54) is 23.3 Å². The minimum atomic E-state index is -3.55. The number of sulfonamides is 1. The van der Waals surface area contributed by atoms with Gasteiger partial charge in [-0.15, -0.1) is 0 Å². The summed E-state index contributed by atoms with van der Waals surface area (Å²) in [6.07, 6.45) is 1.88. The first-order chi connectivity index (χ1) is 12.3. The van der Waals surface area contributed by atoms with Crippen LogP contribution >= 0.6 is 0 Å². The third-order valence-corrected chi connectivity index (χ3v) is 6.37. The fraction of sp³-hybridized carbons (Fsp3) is 0.350. The molecule has 2 aromatic carbocycles. The van der Waals surface area contributed by atoms with Gasteiger partial charge in [0.15, 0.2) is 0 Å². The van der Waals surface area contributed by atoms with Gasteiger partial charge in [-0.3, -0.25) is 4.79 Å². The fourth-order valence-corrected chi connectivity index (χ4v) is 4.69. The van der Waals surface area contributed by atoms with Gasteiger partial charge in [-0.1, -0.05) is 24.3 Å². The van der Waals surface area contributed by atoms with Crippen LogP contribution in [-0.2, 0) is 16.4 Å². The highest BCUT2D eigenvalue weighted by molar-refractivity contribution is 7.89. The Hall–Kier alpha value is -2.18. The third-order valence-electron chi connectivity index (χ3n) is 4.69. The van der Waals surface area contributed by atoms with Gasteiger partial charge in [0.1, 0.15) is 0 Å². The molecular weight excluding hydrogens is 348 g/mol. The first-order valence-electron chi connectivity index (χ1n) is 8.77. The van der Waals surface area contributed by atoms with Crippen molar-refractivity contribution in [3.63, 3.8) is 0 Å². The van der Waals surface area contributed by atoms with Gasteiger partial charge in [0, 0.05) is 18.7 Å². The number of hydrogen-bond donors (Lipinski definition) is 1. The molecule has 1 aliphatic rings. The number of amides is 1. The molecule has 0 unspecified atom stereocenters. The molecule has 0 radical (unpaired) electrons. The molecular formula is C20H24N2O3S. The van der Waals surface area contributed by atoms with Crippen LogP contribution < -0.4 is 4.72 Å². The molecule has 138 valence electrons. The summed E-state index contributed by atoms with van der Waals surface area (Å²) in [5.41, 5.74) is 2.97. The number of rotatable bonds is 5. The number of carbonyl (C=O) groups excluding carboxylic acids is 1. The summed E-state index contributed by atoms with van der Waals surface area (Å²) in [6.45, 7) is 3.54. The first-order valence-corrected chi connectivity index (χ1v) is 10.3. The third kappa shape index (κ3) is 3.66. The molecule has 0 spiro atoms. The Bertz CT molecular complexity index is 905. The zero-order valence-corrected chi connectivity index (χ0v) is 16.1. The van der Waals surface area contributed by atoms with Gasteiger partial charge in [-0.2, -0.15) is 0 Å². The van der Waals surface area contributed by atoms with E-state index in [-0.39, 0.29) is 22.9 Å². The second kappa shape index (κ2) is 7.21. The van der Waals surface area contributed by atoms with Gasteiger partial charge < -0.3 is 4.90 Å². The maximum atomic E-state index is 12.8. The predicted molar refractivity (Wildman–Crippen MR) is 101 cm³/mol. The molecule has 5 nitrogen and oxygen atoms in total. The van der Waals surface area contributed by atoms with Gasteiger partial charge in [0.2, 0.25) is 10.0 Å². The molecule has 0 heterocycles. The van der Waals surface area contributed by atoms with Crippen LogP contribution in [0, 0.1) is 0 Å². The molecule has 1 amide bonds. The lowest BCUT2D eigenvalue weighted by molar-refractivity contribution is 0.0730. The molecule has 0 aliphatic heterocycles. The summed E-state index contributed by atoms with van der Waals surface area (Å²) in [7, 11) is -1.75. The fourth-order valence-electron chi connectivity index (χ4n) is 3.44. The molecule has 2 aromatic rings. The summed E-state index contributed by atoms with van der Waals surface area (Å²) in [6, 6.07) is 14.2. The molecule has 0 saturated carbocycles. The van der Waals surface area contributed by atoms with Crippen LogP contribution in [0.15, 0.2) is 53.4 Å². The Morgan fingerprint density at radius 3 is 2.42 bits per heavy atom. The number of nitrogens with one attached hydrogen (secondary N) is 1. The number of hydrogen-bond acceptors (Lipinski definition) is 3. The largest absolute Gasteiger partial charge is 0.335 e. The van der Waals surface area contributed by atoms with E-state index < -0.39 is 10.0 Å². The lowest BCUT2D eigenvalue weighted by atomic mass is 10.1. The van der Waals surface area contributed by atoms with Crippen LogP contribution in [0.4, 0.5) is 0 Å². The van der Waals surface area contributed by atoms with Crippen molar-refractivity contribution in [3.8, 4) is 0 Å². The molecule has 3 rings (SSSR count). The molecule has 6 heteroatoms. The summed E-state index contributed by atoms with van der Waals surface area (Å²) in [5, 5.41) is 0. The number of benzene rings is 2. The second-order valence-electron chi connectivity index (χ2n) is 6.97. The van der Waals surface area contributed by atoms with Gasteiger partial charge in [-0.25, -0.2) is 13.1 Å². The van der Waals surface area contributed by atoms with Crippen LogP contribution in [0.1, 0.15) is 47.8 Å². The average molecular weight is 372 g/mol. The Morgan fingerprint density at radius 2 is 1.77 bits per heavy atom. The van der Waals surface area contributed by atoms with Crippen LogP contribution in [0.3, 0.4) is 0 Å². The lowest BCUT2D eigenvalue weighted by Gasteiger charge is -2.25. The Kier molecular flexibility index (Phi) is 5.16. The van der Waals surface area contributed by atoms with E-state index in [2.05, 4.69) is 16.9 Å². The quantitative estimate of drug-likeness (QED) is 0.877. The van der Waals surface area contributed by atoms with E-state index in [1.54, 1.807) is 37.9 Å². The highest BCUT2D eigenvalue weighted by atomic mass is 32.2. The molecule has 0 fully saturated rings. The average Bonchev–Trinajstić information content (AvgIpc) is 3.03. The Morgan fingerprint density at radius 1 is 1.12 bits per heavy atom. The van der Waals surface area contributed by atoms with Crippen molar-refractivity contribution in [2.45, 2.75) is 43.7 Å². The van der Waals surface area contributed by atoms with E-state index >= 15 is 0 Å². The van der Waals surface area contributed by atoms with E-state index in [9.17, 15) is 13.2 Å². The highest BCUT2D eigenvalue weighted by Crippen LogP contribution is 2.35. The van der Waals surface area contributed by atoms with Gasteiger partial charge >= 0.3 is 0 Å². The smallest absolute Gasteiger partial charge is 0.254 e. The van der Waals surface area contributed by atoms with Crippen molar-refractivity contribution < 1.29 is 13.2 Å². The van der Waals surface area contributed by atoms with Crippen molar-refractivity contribution in [1.82, 2.24) is 9.62 Å². The topological polar surface area (TPSA) is 66.5 Å². The normalized spacial score (nSPS) is 16.5. The maximum absolute atomic E-state index is 12.8. The van der Waals surface area contributed by atoms with Crippen molar-refractivity contribution in [3.05, 3.63) is 65.2 Å². The van der Waals surface area contributed by atoms with Crippen molar-refractivity contribution in [2.24, 2.45) is 0 Å². The van der Waals surface area contributed by atoms with Crippen molar-refractivity contribution >= 4 is 15.9 Å². The zero-order valence-electron chi connectivity index (χ0n) is 15.3. The molecule has 1 aliphatic carbocycles. The lowest BCUT2D eigenvalue weighted by Crippen LogP contribution is -2.31. The number of carbonyl (C=O) groups is 1. The number of fused-ring (bicyclic) bond motifs is 1. The van der Waals surface area contributed by atoms with E-state index in [1.807, 2.05) is 12.1 Å². The predicted octanol–water partition coefficient (Wildman–Crippen LogP) is 3.13. The summed E-state index contributed by atoms with van der Waals surface area (Å²) < 4.78 is 26.9. The van der Waals surface area contributed by atoms with Crippen molar-refractivity contribution in [2.75, 3.05) is 7.05 Å².